The Morgan fingerprint density at radius 2 is 1.88 bits per heavy atom. The van der Waals surface area contributed by atoms with Crippen LogP contribution in [0.5, 0.6) is 0 Å². The first-order chi connectivity index (χ1) is 16.2. The van der Waals surface area contributed by atoms with E-state index in [1.807, 2.05) is 30.3 Å². The van der Waals surface area contributed by atoms with Gasteiger partial charge >= 0.3 is 0 Å². The Bertz CT molecular complexity index is 1290. The predicted octanol–water partition coefficient (Wildman–Crippen LogP) is 5.61. The Morgan fingerprint density at radius 1 is 1.00 bits per heavy atom. The van der Waals surface area contributed by atoms with E-state index in [1.165, 1.54) is 17.8 Å². The first kappa shape index (κ1) is 21.3. The first-order valence-corrected chi connectivity index (χ1v) is 11.7. The summed E-state index contributed by atoms with van der Waals surface area (Å²) in [5, 5.41) is 11.9. The Morgan fingerprint density at radius 3 is 2.76 bits per heavy atom. The fourth-order valence-electron chi connectivity index (χ4n) is 3.89. The molecule has 2 aromatic heterocycles. The van der Waals surface area contributed by atoms with Gasteiger partial charge in [-0.2, -0.15) is 0 Å². The third-order valence-electron chi connectivity index (χ3n) is 5.56. The molecule has 0 atom stereocenters. The number of aromatic nitrogens is 4. The van der Waals surface area contributed by atoms with Crippen molar-refractivity contribution in [3.8, 4) is 11.4 Å². The molecule has 33 heavy (non-hydrogen) atoms. The first-order valence-electron chi connectivity index (χ1n) is 10.9. The number of pyridine rings is 1. The second-order valence-electron chi connectivity index (χ2n) is 7.82. The fourth-order valence-corrected chi connectivity index (χ4v) is 4.79. The molecule has 0 aliphatic carbocycles. The maximum absolute atomic E-state index is 14.7. The van der Waals surface area contributed by atoms with Crippen molar-refractivity contribution in [3.63, 3.8) is 0 Å². The number of hydrogen-bond acceptors (Lipinski definition) is 5. The Balaban J connectivity index is 1.42. The van der Waals surface area contributed by atoms with Crippen LogP contribution in [0, 0.1) is 5.82 Å². The minimum atomic E-state index is -0.510. The average molecular weight is 460 g/mol. The Hall–Kier alpha value is -3.52. The SMILES string of the molecule is O=C(Nc1cc(-c2nnc3n2CCCCC3)ccc1F)c1cccnc1Sc1ccccc1. The van der Waals surface area contributed by atoms with Gasteiger partial charge in [-0.3, -0.25) is 4.79 Å². The molecule has 0 radical (unpaired) electrons. The lowest BCUT2D eigenvalue weighted by molar-refractivity contribution is 0.102. The standard InChI is InChI=1S/C25H22FN5OS/c26-20-13-12-17(23-30-29-22-11-5-2-6-15-31(22)23)16-21(20)28-24(32)19-10-7-14-27-25(19)33-18-8-3-1-4-9-18/h1,3-4,7-10,12-14,16H,2,5-6,11,15H2,(H,28,32). The van der Waals surface area contributed by atoms with Gasteiger partial charge in [0.2, 0.25) is 0 Å². The Labute approximate surface area is 195 Å². The third-order valence-corrected chi connectivity index (χ3v) is 6.58. The van der Waals surface area contributed by atoms with Crippen molar-refractivity contribution in [2.24, 2.45) is 0 Å². The summed E-state index contributed by atoms with van der Waals surface area (Å²) in [6.45, 7) is 0.840. The summed E-state index contributed by atoms with van der Waals surface area (Å²) in [6.07, 6.45) is 5.84. The second-order valence-corrected chi connectivity index (χ2v) is 8.88. The van der Waals surface area contributed by atoms with E-state index in [0.717, 1.165) is 48.5 Å². The van der Waals surface area contributed by atoms with Gasteiger partial charge < -0.3 is 9.88 Å². The maximum atomic E-state index is 14.7. The summed E-state index contributed by atoms with van der Waals surface area (Å²) < 4.78 is 16.8. The zero-order valence-electron chi connectivity index (χ0n) is 17.9. The van der Waals surface area contributed by atoms with Gasteiger partial charge in [-0.05, 0) is 55.3 Å². The van der Waals surface area contributed by atoms with Crippen molar-refractivity contribution in [1.29, 1.82) is 0 Å². The van der Waals surface area contributed by atoms with Gasteiger partial charge in [0.05, 0.1) is 11.3 Å². The van der Waals surface area contributed by atoms with Gasteiger partial charge in [0, 0.05) is 29.6 Å². The van der Waals surface area contributed by atoms with Crippen LogP contribution in [0.15, 0.2) is 76.8 Å². The van der Waals surface area contributed by atoms with E-state index >= 15 is 0 Å². The second kappa shape index (κ2) is 9.54. The summed E-state index contributed by atoms with van der Waals surface area (Å²) in [6, 6.07) is 17.7. The van der Waals surface area contributed by atoms with Crippen molar-refractivity contribution >= 4 is 23.4 Å². The lowest BCUT2D eigenvalue weighted by Gasteiger charge is -2.12. The van der Waals surface area contributed by atoms with Crippen LogP contribution in [0.3, 0.4) is 0 Å². The monoisotopic (exact) mass is 459 g/mol. The van der Waals surface area contributed by atoms with Crippen LogP contribution in [0.1, 0.15) is 35.4 Å². The molecule has 1 aliphatic heterocycles. The molecule has 8 heteroatoms. The largest absolute Gasteiger partial charge is 0.319 e. The maximum Gasteiger partial charge on any atom is 0.258 e. The van der Waals surface area contributed by atoms with Crippen LogP contribution < -0.4 is 5.32 Å². The van der Waals surface area contributed by atoms with Crippen LogP contribution in [0.25, 0.3) is 11.4 Å². The third kappa shape index (κ3) is 4.66. The number of fused-ring (bicyclic) bond motifs is 1. The van der Waals surface area contributed by atoms with Crippen molar-refractivity contribution in [2.75, 3.05) is 5.32 Å². The number of carbonyl (C=O) groups is 1. The van der Waals surface area contributed by atoms with Crippen LogP contribution in [-0.2, 0) is 13.0 Å². The molecule has 6 nitrogen and oxygen atoms in total. The highest BCUT2D eigenvalue weighted by Crippen LogP contribution is 2.30. The summed E-state index contributed by atoms with van der Waals surface area (Å²) >= 11 is 1.39. The zero-order chi connectivity index (χ0) is 22.6. The molecule has 0 unspecified atom stereocenters. The molecular weight excluding hydrogens is 437 g/mol. The molecule has 1 amide bonds. The number of anilines is 1. The van der Waals surface area contributed by atoms with Crippen LogP contribution in [0.2, 0.25) is 0 Å². The number of hydrogen-bond donors (Lipinski definition) is 1. The van der Waals surface area contributed by atoms with Crippen molar-refractivity contribution in [3.05, 3.63) is 84.1 Å². The highest BCUT2D eigenvalue weighted by molar-refractivity contribution is 7.99. The summed E-state index contributed by atoms with van der Waals surface area (Å²) in [4.78, 5) is 18.4. The van der Waals surface area contributed by atoms with E-state index in [9.17, 15) is 9.18 Å². The van der Waals surface area contributed by atoms with Gasteiger partial charge in [0.25, 0.3) is 5.91 Å². The molecular formula is C25H22FN5OS. The molecule has 5 rings (SSSR count). The van der Waals surface area contributed by atoms with Crippen molar-refractivity contribution in [2.45, 2.75) is 42.1 Å². The topological polar surface area (TPSA) is 72.7 Å². The quantitative estimate of drug-likeness (QED) is 0.420. The van der Waals surface area contributed by atoms with E-state index in [-0.39, 0.29) is 5.69 Å². The van der Waals surface area contributed by atoms with Gasteiger partial charge in [-0.25, -0.2) is 9.37 Å². The molecule has 0 saturated carbocycles. The highest BCUT2D eigenvalue weighted by atomic mass is 32.2. The highest BCUT2D eigenvalue weighted by Gasteiger charge is 2.19. The average Bonchev–Trinajstić information content (AvgIpc) is 3.09. The smallest absolute Gasteiger partial charge is 0.258 e. The van der Waals surface area contributed by atoms with Crippen LogP contribution in [-0.4, -0.2) is 25.7 Å². The number of halogens is 1. The van der Waals surface area contributed by atoms with E-state index in [0.29, 0.717) is 16.4 Å². The minimum absolute atomic E-state index is 0.1000. The number of amides is 1. The van der Waals surface area contributed by atoms with E-state index in [4.69, 9.17) is 0 Å². The number of nitrogens with zero attached hydrogens (tertiary/aromatic N) is 4. The van der Waals surface area contributed by atoms with Crippen LogP contribution >= 0.6 is 11.8 Å². The zero-order valence-corrected chi connectivity index (χ0v) is 18.7. The molecule has 2 aromatic carbocycles. The van der Waals surface area contributed by atoms with Gasteiger partial charge in [0.15, 0.2) is 5.82 Å². The molecule has 1 N–H and O–H groups in total. The number of rotatable bonds is 5. The summed E-state index contributed by atoms with van der Waals surface area (Å²) in [5.74, 6) is 0.723. The molecule has 1 aliphatic rings. The van der Waals surface area contributed by atoms with E-state index < -0.39 is 11.7 Å². The van der Waals surface area contributed by atoms with Gasteiger partial charge in [0.1, 0.15) is 16.7 Å². The number of nitrogens with one attached hydrogen (secondary N) is 1. The van der Waals surface area contributed by atoms with Gasteiger partial charge in [-0.1, -0.05) is 36.4 Å². The number of benzene rings is 2. The van der Waals surface area contributed by atoms with E-state index in [2.05, 4.69) is 25.1 Å². The molecule has 3 heterocycles. The molecule has 166 valence electrons. The lowest BCUT2D eigenvalue weighted by Crippen LogP contribution is -2.15. The minimum Gasteiger partial charge on any atom is -0.319 e. The van der Waals surface area contributed by atoms with Crippen molar-refractivity contribution in [1.82, 2.24) is 19.7 Å². The van der Waals surface area contributed by atoms with E-state index in [1.54, 1.807) is 30.5 Å². The molecule has 0 bridgehead atoms. The molecule has 0 saturated heterocycles. The summed E-state index contributed by atoms with van der Waals surface area (Å²) in [7, 11) is 0. The normalized spacial score (nSPS) is 13.2. The molecule has 0 fully saturated rings. The summed E-state index contributed by atoms with van der Waals surface area (Å²) in [5.41, 5.74) is 1.20. The van der Waals surface area contributed by atoms with Crippen LogP contribution in [0.4, 0.5) is 10.1 Å². The lowest BCUT2D eigenvalue weighted by atomic mass is 10.1. The molecule has 4 aromatic rings. The molecule has 0 spiro atoms. The number of carbonyl (C=O) groups excluding carboxylic acids is 1. The van der Waals surface area contributed by atoms with Gasteiger partial charge in [-0.15, -0.1) is 10.2 Å². The van der Waals surface area contributed by atoms with Crippen molar-refractivity contribution < 1.29 is 9.18 Å². The number of aryl methyl sites for hydroxylation is 1. The predicted molar refractivity (Wildman–Crippen MR) is 126 cm³/mol. The fraction of sp³-hybridized carbons (Fsp3) is 0.200. The Kier molecular flexibility index (Phi) is 6.17.